The number of nitrogens with zero attached hydrogens (tertiary/aromatic N) is 1. The normalized spacial score (nSPS) is 12.3. The van der Waals surface area contributed by atoms with Crippen molar-refractivity contribution in [2.24, 2.45) is 0 Å². The lowest BCUT2D eigenvalue weighted by atomic mass is 10.1. The second kappa shape index (κ2) is 9.30. The number of carbonyl (C=O) groups is 1. The Morgan fingerprint density at radius 1 is 1.25 bits per heavy atom. The summed E-state index contributed by atoms with van der Waals surface area (Å²) >= 11 is 6.08. The van der Waals surface area contributed by atoms with E-state index in [1.54, 1.807) is 45.2 Å². The van der Waals surface area contributed by atoms with Crippen LogP contribution in [-0.2, 0) is 21.4 Å². The number of benzene rings is 2. The van der Waals surface area contributed by atoms with Crippen molar-refractivity contribution in [2.75, 3.05) is 17.7 Å². The van der Waals surface area contributed by atoms with E-state index >= 15 is 0 Å². The molecule has 0 unspecified atom stereocenters. The molecule has 8 heteroatoms. The van der Waals surface area contributed by atoms with Gasteiger partial charge in [0.1, 0.15) is 11.8 Å². The number of ether oxygens (including phenoxy) is 1. The smallest absolute Gasteiger partial charge is 0.244 e. The van der Waals surface area contributed by atoms with Crippen molar-refractivity contribution in [3.8, 4) is 5.75 Å². The molecular weight excluding hydrogens is 400 g/mol. The average molecular weight is 425 g/mol. The Kier molecular flexibility index (Phi) is 7.32. The molecule has 0 fully saturated rings. The maximum absolute atomic E-state index is 12.9. The summed E-state index contributed by atoms with van der Waals surface area (Å²) < 4.78 is 31.6. The molecule has 0 aromatic heterocycles. The number of para-hydroxylation sites is 1. The maximum Gasteiger partial charge on any atom is 0.244 e. The summed E-state index contributed by atoms with van der Waals surface area (Å²) in [5.74, 6) is 0.264. The molecule has 0 spiro atoms. The predicted octanol–water partition coefficient (Wildman–Crippen LogP) is 3.52. The zero-order chi connectivity index (χ0) is 20.9. The third-order valence-electron chi connectivity index (χ3n) is 4.38. The molecule has 2 aromatic rings. The molecule has 28 heavy (non-hydrogen) atoms. The van der Waals surface area contributed by atoms with Crippen molar-refractivity contribution in [3.63, 3.8) is 0 Å². The number of nitrogens with one attached hydrogen (secondary N) is 1. The van der Waals surface area contributed by atoms with Gasteiger partial charge in [-0.1, -0.05) is 42.8 Å². The third-order valence-corrected chi connectivity index (χ3v) is 5.78. The van der Waals surface area contributed by atoms with Gasteiger partial charge in [-0.15, -0.1) is 0 Å². The van der Waals surface area contributed by atoms with Crippen molar-refractivity contribution in [1.29, 1.82) is 0 Å². The number of amides is 1. The van der Waals surface area contributed by atoms with Crippen LogP contribution in [0.4, 0.5) is 5.69 Å². The van der Waals surface area contributed by atoms with Crippen LogP contribution in [-0.4, -0.2) is 33.7 Å². The van der Waals surface area contributed by atoms with Crippen molar-refractivity contribution < 1.29 is 17.9 Å². The van der Waals surface area contributed by atoms with Crippen molar-refractivity contribution in [1.82, 2.24) is 5.32 Å². The van der Waals surface area contributed by atoms with Gasteiger partial charge in [-0.3, -0.25) is 9.10 Å². The van der Waals surface area contributed by atoms with Gasteiger partial charge in [0.05, 0.1) is 19.1 Å². The Labute approximate surface area is 171 Å². The van der Waals surface area contributed by atoms with Crippen LogP contribution >= 0.6 is 11.6 Å². The van der Waals surface area contributed by atoms with Gasteiger partial charge in [0.25, 0.3) is 0 Å². The minimum atomic E-state index is -3.72. The molecule has 1 N–H and O–H groups in total. The van der Waals surface area contributed by atoms with E-state index in [1.165, 1.54) is 0 Å². The zero-order valence-electron chi connectivity index (χ0n) is 16.4. The number of hydrogen-bond acceptors (Lipinski definition) is 4. The number of rotatable bonds is 8. The van der Waals surface area contributed by atoms with E-state index in [0.717, 1.165) is 16.1 Å². The molecule has 2 aromatic carbocycles. The van der Waals surface area contributed by atoms with Crippen LogP contribution in [0.2, 0.25) is 5.02 Å². The highest BCUT2D eigenvalue weighted by atomic mass is 35.5. The molecule has 0 heterocycles. The summed E-state index contributed by atoms with van der Waals surface area (Å²) in [5, 5.41) is 3.22. The molecule has 1 atom stereocenters. The summed E-state index contributed by atoms with van der Waals surface area (Å²) in [5.41, 5.74) is 1.91. The SMILES string of the molecule is CC[C@@H](C(=O)NCc1ccccc1OC)N(c1cc(Cl)ccc1C)S(C)(=O)=O. The van der Waals surface area contributed by atoms with Gasteiger partial charge in [0, 0.05) is 17.1 Å². The van der Waals surface area contributed by atoms with Gasteiger partial charge >= 0.3 is 0 Å². The Morgan fingerprint density at radius 3 is 2.54 bits per heavy atom. The quantitative estimate of drug-likeness (QED) is 0.703. The highest BCUT2D eigenvalue weighted by Gasteiger charge is 2.32. The Balaban J connectivity index is 2.33. The first-order chi connectivity index (χ1) is 13.2. The molecule has 0 bridgehead atoms. The van der Waals surface area contributed by atoms with Crippen LogP contribution in [0.25, 0.3) is 0 Å². The second-order valence-corrected chi connectivity index (χ2v) is 8.74. The van der Waals surface area contributed by atoms with E-state index in [2.05, 4.69) is 5.32 Å². The minimum absolute atomic E-state index is 0.228. The Hall–Kier alpha value is -2.25. The van der Waals surface area contributed by atoms with E-state index in [9.17, 15) is 13.2 Å². The first kappa shape index (κ1) is 22.0. The number of aryl methyl sites for hydroxylation is 1. The molecule has 0 aliphatic heterocycles. The van der Waals surface area contributed by atoms with Gasteiger partial charge < -0.3 is 10.1 Å². The number of hydrogen-bond donors (Lipinski definition) is 1. The summed E-state index contributed by atoms with van der Waals surface area (Å²) in [4.78, 5) is 12.9. The minimum Gasteiger partial charge on any atom is -0.496 e. The molecular formula is C20H25ClN2O4S. The second-order valence-electron chi connectivity index (χ2n) is 6.44. The van der Waals surface area contributed by atoms with Gasteiger partial charge in [-0.2, -0.15) is 0 Å². The third kappa shape index (κ3) is 5.17. The molecule has 1 amide bonds. The van der Waals surface area contributed by atoms with Crippen LogP contribution < -0.4 is 14.4 Å². The summed E-state index contributed by atoms with van der Waals surface area (Å²) in [6.07, 6.45) is 1.39. The van der Waals surface area contributed by atoms with Crippen molar-refractivity contribution in [3.05, 3.63) is 58.6 Å². The first-order valence-corrected chi connectivity index (χ1v) is 11.1. The zero-order valence-corrected chi connectivity index (χ0v) is 18.0. The van der Waals surface area contributed by atoms with Crippen molar-refractivity contribution in [2.45, 2.75) is 32.9 Å². The van der Waals surface area contributed by atoms with E-state index < -0.39 is 22.0 Å². The summed E-state index contributed by atoms with van der Waals surface area (Å²) in [7, 11) is -2.16. The number of anilines is 1. The van der Waals surface area contributed by atoms with Crippen LogP contribution in [0, 0.1) is 6.92 Å². The van der Waals surface area contributed by atoms with Crippen LogP contribution in [0.15, 0.2) is 42.5 Å². The largest absolute Gasteiger partial charge is 0.496 e. The van der Waals surface area contributed by atoms with Gasteiger partial charge in [0.15, 0.2) is 0 Å². The van der Waals surface area contributed by atoms with Crippen LogP contribution in [0.1, 0.15) is 24.5 Å². The van der Waals surface area contributed by atoms with E-state index in [-0.39, 0.29) is 6.54 Å². The Bertz CT molecular complexity index is 947. The van der Waals surface area contributed by atoms with E-state index in [1.807, 2.05) is 18.2 Å². The van der Waals surface area contributed by atoms with Crippen LogP contribution in [0.5, 0.6) is 5.75 Å². The lowest BCUT2D eigenvalue weighted by Crippen LogP contribution is -2.49. The number of carbonyl (C=O) groups excluding carboxylic acids is 1. The lowest BCUT2D eigenvalue weighted by Gasteiger charge is -2.31. The summed E-state index contributed by atoms with van der Waals surface area (Å²) in [6.45, 7) is 3.78. The fraction of sp³-hybridized carbons (Fsp3) is 0.350. The van der Waals surface area contributed by atoms with Gasteiger partial charge in [0.2, 0.25) is 15.9 Å². The molecule has 2 rings (SSSR count). The van der Waals surface area contributed by atoms with E-state index in [0.29, 0.717) is 28.4 Å². The number of halogens is 1. The molecule has 0 radical (unpaired) electrons. The molecule has 152 valence electrons. The fourth-order valence-corrected chi connectivity index (χ4v) is 4.43. The highest BCUT2D eigenvalue weighted by Crippen LogP contribution is 2.29. The molecule has 0 aliphatic rings. The van der Waals surface area contributed by atoms with Gasteiger partial charge in [-0.05, 0) is 37.1 Å². The number of sulfonamides is 1. The molecule has 6 nitrogen and oxygen atoms in total. The molecule has 0 saturated heterocycles. The summed E-state index contributed by atoms with van der Waals surface area (Å²) in [6, 6.07) is 11.4. The predicted molar refractivity (Wildman–Crippen MR) is 112 cm³/mol. The topological polar surface area (TPSA) is 75.7 Å². The highest BCUT2D eigenvalue weighted by molar-refractivity contribution is 7.92. The monoisotopic (exact) mass is 424 g/mol. The first-order valence-electron chi connectivity index (χ1n) is 8.84. The fourth-order valence-electron chi connectivity index (χ4n) is 3.00. The molecule has 0 aliphatic carbocycles. The maximum atomic E-state index is 12.9. The number of methoxy groups -OCH3 is 1. The molecule has 0 saturated carbocycles. The van der Waals surface area contributed by atoms with E-state index in [4.69, 9.17) is 16.3 Å². The standard InChI is InChI=1S/C20H25ClN2O4S/c1-5-17(20(24)22-13-15-8-6-7-9-19(15)27-3)23(28(4,25)26)18-12-16(21)11-10-14(18)2/h6-12,17H,5,13H2,1-4H3,(H,22,24)/t17-/m0/s1. The van der Waals surface area contributed by atoms with Crippen LogP contribution in [0.3, 0.4) is 0 Å². The Morgan fingerprint density at radius 2 is 1.93 bits per heavy atom. The van der Waals surface area contributed by atoms with Crippen molar-refractivity contribution >= 4 is 33.2 Å². The lowest BCUT2D eigenvalue weighted by molar-refractivity contribution is -0.122. The average Bonchev–Trinajstić information content (AvgIpc) is 2.65. The van der Waals surface area contributed by atoms with Gasteiger partial charge in [-0.25, -0.2) is 8.42 Å².